The molecule has 2 aliphatic heterocycles. The Kier molecular flexibility index (Phi) is 3.91. The zero-order valence-corrected chi connectivity index (χ0v) is 11.9. The Bertz CT molecular complexity index is 426. The Labute approximate surface area is 116 Å². The van der Waals surface area contributed by atoms with Gasteiger partial charge >= 0.3 is 0 Å². The lowest BCUT2D eigenvalue weighted by Gasteiger charge is -2.27. The van der Waals surface area contributed by atoms with E-state index in [4.69, 9.17) is 0 Å². The summed E-state index contributed by atoms with van der Waals surface area (Å²) in [7, 11) is 0. The summed E-state index contributed by atoms with van der Waals surface area (Å²) in [5.74, 6) is 1.28. The highest BCUT2D eigenvalue weighted by Gasteiger charge is 2.29. The van der Waals surface area contributed by atoms with Crippen LogP contribution in [0.5, 0.6) is 0 Å². The van der Waals surface area contributed by atoms with E-state index in [1.54, 1.807) is 23.1 Å². The van der Waals surface area contributed by atoms with Gasteiger partial charge in [0.05, 0.1) is 0 Å². The quantitative estimate of drug-likeness (QED) is 0.871. The summed E-state index contributed by atoms with van der Waals surface area (Å²) in [5.41, 5.74) is 1.25. The van der Waals surface area contributed by atoms with Gasteiger partial charge in [-0.3, -0.25) is 4.79 Å². The van der Waals surface area contributed by atoms with Gasteiger partial charge < -0.3 is 10.6 Å². The predicted octanol–water partition coefficient (Wildman–Crippen LogP) is 1.95. The van der Waals surface area contributed by atoms with Crippen molar-refractivity contribution in [1.82, 2.24) is 10.6 Å². The molecule has 1 aromatic rings. The first-order valence-corrected chi connectivity index (χ1v) is 8.46. The van der Waals surface area contributed by atoms with Gasteiger partial charge in [0.15, 0.2) is 0 Å². The number of fused-ring (bicyclic) bond motifs is 1. The molecule has 0 bridgehead atoms. The van der Waals surface area contributed by atoms with E-state index in [-0.39, 0.29) is 11.2 Å². The normalized spacial score (nSPS) is 24.6. The number of aryl methyl sites for hydroxylation is 1. The highest BCUT2D eigenvalue weighted by atomic mass is 32.2. The molecule has 1 amide bonds. The van der Waals surface area contributed by atoms with Gasteiger partial charge in [0.2, 0.25) is 5.91 Å². The van der Waals surface area contributed by atoms with Crippen LogP contribution in [0.4, 0.5) is 0 Å². The van der Waals surface area contributed by atoms with Crippen LogP contribution in [0.25, 0.3) is 0 Å². The standard InChI is InChI=1S/C13H18N2OS2/c16-13(15-9-1-5-14-6-2-9)12-10-3-7-17-11(10)4-8-18-12/h3,7,9,12,14H,1-2,4-6,8H2,(H,15,16). The molecule has 1 unspecified atom stereocenters. The number of hydrogen-bond donors (Lipinski definition) is 2. The van der Waals surface area contributed by atoms with Gasteiger partial charge in [-0.2, -0.15) is 0 Å². The fourth-order valence-corrected chi connectivity index (χ4v) is 4.91. The zero-order valence-electron chi connectivity index (χ0n) is 10.3. The molecule has 0 saturated carbocycles. The fourth-order valence-electron chi connectivity index (χ4n) is 2.61. The number of rotatable bonds is 2. The predicted molar refractivity (Wildman–Crippen MR) is 77.3 cm³/mol. The van der Waals surface area contributed by atoms with Crippen molar-refractivity contribution in [2.75, 3.05) is 18.8 Å². The second kappa shape index (κ2) is 5.63. The van der Waals surface area contributed by atoms with Crippen molar-refractivity contribution in [2.45, 2.75) is 30.6 Å². The Balaban J connectivity index is 1.66. The van der Waals surface area contributed by atoms with E-state index in [1.165, 1.54) is 10.4 Å². The molecule has 5 heteroatoms. The van der Waals surface area contributed by atoms with Crippen LogP contribution in [0.15, 0.2) is 11.4 Å². The first-order valence-electron chi connectivity index (χ1n) is 6.53. The smallest absolute Gasteiger partial charge is 0.237 e. The number of piperidine rings is 1. The monoisotopic (exact) mass is 282 g/mol. The summed E-state index contributed by atoms with van der Waals surface area (Å²) < 4.78 is 0. The third-order valence-corrected chi connectivity index (χ3v) is 5.84. The summed E-state index contributed by atoms with van der Waals surface area (Å²) in [6.45, 7) is 2.04. The van der Waals surface area contributed by atoms with E-state index >= 15 is 0 Å². The molecule has 18 heavy (non-hydrogen) atoms. The number of carbonyl (C=O) groups excluding carboxylic acids is 1. The molecule has 1 fully saturated rings. The SMILES string of the molecule is O=C(NC1CCNCC1)C1SCCc2sccc21. The minimum Gasteiger partial charge on any atom is -0.352 e. The third-order valence-electron chi connectivity index (χ3n) is 3.60. The van der Waals surface area contributed by atoms with Crippen LogP contribution in [-0.4, -0.2) is 30.8 Å². The first-order chi connectivity index (χ1) is 8.84. The maximum Gasteiger partial charge on any atom is 0.237 e. The number of hydrogen-bond acceptors (Lipinski definition) is 4. The summed E-state index contributed by atoms with van der Waals surface area (Å²) in [6, 6.07) is 2.49. The number of thioether (sulfide) groups is 1. The topological polar surface area (TPSA) is 41.1 Å². The summed E-state index contributed by atoms with van der Waals surface area (Å²) in [5, 5.41) is 8.68. The summed E-state index contributed by atoms with van der Waals surface area (Å²) in [6.07, 6.45) is 3.23. The Morgan fingerprint density at radius 1 is 1.39 bits per heavy atom. The second-order valence-electron chi connectivity index (χ2n) is 4.83. The number of carbonyl (C=O) groups is 1. The van der Waals surface area contributed by atoms with Gasteiger partial charge in [0.1, 0.15) is 5.25 Å². The average Bonchev–Trinajstić information content (AvgIpc) is 2.87. The van der Waals surface area contributed by atoms with Gasteiger partial charge in [-0.1, -0.05) is 0 Å². The molecule has 0 radical (unpaired) electrons. The number of thiophene rings is 1. The van der Waals surface area contributed by atoms with Crippen LogP contribution in [0.2, 0.25) is 0 Å². The van der Waals surface area contributed by atoms with E-state index in [0.717, 1.165) is 38.1 Å². The van der Waals surface area contributed by atoms with Crippen molar-refractivity contribution >= 4 is 29.0 Å². The van der Waals surface area contributed by atoms with Crippen LogP contribution in [0.3, 0.4) is 0 Å². The highest BCUT2D eigenvalue weighted by molar-refractivity contribution is 8.00. The molecular formula is C13H18N2OS2. The lowest BCUT2D eigenvalue weighted by Crippen LogP contribution is -2.44. The molecule has 1 aromatic heterocycles. The molecule has 1 saturated heterocycles. The van der Waals surface area contributed by atoms with Crippen LogP contribution in [0, 0.1) is 0 Å². The average molecular weight is 282 g/mol. The lowest BCUT2D eigenvalue weighted by atomic mass is 10.1. The largest absolute Gasteiger partial charge is 0.352 e. The van der Waals surface area contributed by atoms with Crippen LogP contribution < -0.4 is 10.6 Å². The second-order valence-corrected chi connectivity index (χ2v) is 7.05. The van der Waals surface area contributed by atoms with E-state index in [1.807, 2.05) is 0 Å². The fraction of sp³-hybridized carbons (Fsp3) is 0.615. The van der Waals surface area contributed by atoms with Crippen molar-refractivity contribution in [3.8, 4) is 0 Å². The first kappa shape index (κ1) is 12.5. The van der Waals surface area contributed by atoms with E-state index in [2.05, 4.69) is 22.1 Å². The van der Waals surface area contributed by atoms with Gasteiger partial charge in [0, 0.05) is 10.9 Å². The van der Waals surface area contributed by atoms with Gasteiger partial charge in [-0.05, 0) is 55.1 Å². The highest BCUT2D eigenvalue weighted by Crippen LogP contribution is 2.39. The van der Waals surface area contributed by atoms with E-state index in [0.29, 0.717) is 6.04 Å². The Morgan fingerprint density at radius 3 is 3.06 bits per heavy atom. The molecule has 98 valence electrons. The molecule has 3 nitrogen and oxygen atoms in total. The summed E-state index contributed by atoms with van der Waals surface area (Å²) >= 11 is 3.58. The van der Waals surface area contributed by atoms with Crippen LogP contribution in [-0.2, 0) is 11.2 Å². The van der Waals surface area contributed by atoms with Gasteiger partial charge in [0.25, 0.3) is 0 Å². The third kappa shape index (κ3) is 2.58. The maximum atomic E-state index is 12.4. The maximum absolute atomic E-state index is 12.4. The minimum atomic E-state index is 0.0230. The lowest BCUT2D eigenvalue weighted by molar-refractivity contribution is -0.121. The van der Waals surface area contributed by atoms with E-state index in [9.17, 15) is 4.79 Å². The Hall–Kier alpha value is -0.520. The molecule has 1 atom stereocenters. The van der Waals surface area contributed by atoms with Crippen molar-refractivity contribution < 1.29 is 4.79 Å². The molecule has 3 rings (SSSR count). The van der Waals surface area contributed by atoms with Gasteiger partial charge in [-0.15, -0.1) is 23.1 Å². The van der Waals surface area contributed by atoms with Crippen molar-refractivity contribution in [1.29, 1.82) is 0 Å². The molecular weight excluding hydrogens is 264 g/mol. The van der Waals surface area contributed by atoms with Crippen molar-refractivity contribution in [3.05, 3.63) is 21.9 Å². The Morgan fingerprint density at radius 2 is 2.22 bits per heavy atom. The number of nitrogens with one attached hydrogen (secondary N) is 2. The zero-order chi connectivity index (χ0) is 12.4. The molecule has 3 heterocycles. The van der Waals surface area contributed by atoms with Crippen LogP contribution >= 0.6 is 23.1 Å². The summed E-state index contributed by atoms with van der Waals surface area (Å²) in [4.78, 5) is 13.8. The van der Waals surface area contributed by atoms with Gasteiger partial charge in [-0.25, -0.2) is 0 Å². The minimum absolute atomic E-state index is 0.0230. The van der Waals surface area contributed by atoms with E-state index < -0.39 is 0 Å². The molecule has 2 N–H and O–H groups in total. The molecule has 0 spiro atoms. The van der Waals surface area contributed by atoms with Crippen LogP contribution in [0.1, 0.15) is 28.5 Å². The number of amides is 1. The van der Waals surface area contributed by atoms with Crippen molar-refractivity contribution in [2.24, 2.45) is 0 Å². The molecule has 0 aromatic carbocycles. The van der Waals surface area contributed by atoms with Crippen molar-refractivity contribution in [3.63, 3.8) is 0 Å². The molecule has 0 aliphatic carbocycles. The molecule has 2 aliphatic rings.